The van der Waals surface area contributed by atoms with Gasteiger partial charge in [-0.15, -0.1) is 0 Å². The van der Waals surface area contributed by atoms with Crippen molar-refractivity contribution >= 4 is 50.7 Å². The normalized spacial score (nSPS) is 11.6. The van der Waals surface area contributed by atoms with Crippen LogP contribution in [-0.4, -0.2) is 16.1 Å². The van der Waals surface area contributed by atoms with Crippen molar-refractivity contribution in [3.8, 4) is 11.5 Å². The molecule has 0 radical (unpaired) electrons. The summed E-state index contributed by atoms with van der Waals surface area (Å²) in [4.78, 5) is 19.3. The van der Waals surface area contributed by atoms with E-state index in [1.165, 1.54) is 12.1 Å². The first-order valence-electron chi connectivity index (χ1n) is 8.70. The Morgan fingerprint density at radius 1 is 1.07 bits per heavy atom. The van der Waals surface area contributed by atoms with Crippen LogP contribution < -0.4 is 0 Å². The SMILES string of the molecule is O=[N+]([O-])c1cccc(/C=C/C=Nc2ccc3oc(-c4cccc(Br)c4)nc3c2)c1. The van der Waals surface area contributed by atoms with E-state index in [1.54, 1.807) is 30.5 Å². The van der Waals surface area contributed by atoms with Crippen molar-refractivity contribution in [1.82, 2.24) is 4.98 Å². The summed E-state index contributed by atoms with van der Waals surface area (Å²) in [5.74, 6) is 0.549. The number of fused-ring (bicyclic) bond motifs is 1. The summed E-state index contributed by atoms with van der Waals surface area (Å²) in [5.41, 5.74) is 3.82. The van der Waals surface area contributed by atoms with Crippen molar-refractivity contribution in [2.45, 2.75) is 0 Å². The molecule has 0 aliphatic rings. The van der Waals surface area contributed by atoms with E-state index >= 15 is 0 Å². The second-order valence-electron chi connectivity index (χ2n) is 6.17. The van der Waals surface area contributed by atoms with Gasteiger partial charge in [0.1, 0.15) is 5.52 Å². The number of nitrogens with zero attached hydrogens (tertiary/aromatic N) is 3. The molecule has 0 atom stereocenters. The summed E-state index contributed by atoms with van der Waals surface area (Å²) in [7, 11) is 0. The topological polar surface area (TPSA) is 81.5 Å². The Morgan fingerprint density at radius 3 is 2.76 bits per heavy atom. The molecule has 6 nitrogen and oxygen atoms in total. The Kier molecular flexibility index (Phi) is 5.31. The number of nitro benzene ring substituents is 1. The van der Waals surface area contributed by atoms with Crippen LogP contribution in [0.4, 0.5) is 11.4 Å². The van der Waals surface area contributed by atoms with Gasteiger partial charge in [0.2, 0.25) is 5.89 Å². The van der Waals surface area contributed by atoms with Gasteiger partial charge in [-0.3, -0.25) is 15.1 Å². The Morgan fingerprint density at radius 2 is 1.93 bits per heavy atom. The molecule has 0 N–H and O–H groups in total. The molecule has 0 amide bonds. The van der Waals surface area contributed by atoms with Crippen molar-refractivity contribution in [1.29, 1.82) is 0 Å². The quantitative estimate of drug-likeness (QED) is 0.196. The highest BCUT2D eigenvalue weighted by molar-refractivity contribution is 9.10. The molecule has 0 bridgehead atoms. The molecule has 0 spiro atoms. The summed E-state index contributed by atoms with van der Waals surface area (Å²) >= 11 is 3.45. The summed E-state index contributed by atoms with van der Waals surface area (Å²) in [6.45, 7) is 0. The molecular formula is C22H14BrN3O3. The third kappa shape index (κ3) is 4.47. The van der Waals surface area contributed by atoms with Crippen molar-refractivity contribution in [2.24, 2.45) is 4.99 Å². The first kappa shape index (κ1) is 18.8. The number of non-ortho nitro benzene ring substituents is 1. The Balaban J connectivity index is 1.52. The van der Waals surface area contributed by atoms with Gasteiger partial charge in [0.25, 0.3) is 5.69 Å². The van der Waals surface area contributed by atoms with Crippen molar-refractivity contribution in [3.05, 3.63) is 93.0 Å². The monoisotopic (exact) mass is 447 g/mol. The van der Waals surface area contributed by atoms with Gasteiger partial charge in [-0.2, -0.15) is 0 Å². The molecule has 7 heteroatoms. The predicted octanol–water partition coefficient (Wildman–Crippen LogP) is 6.58. The number of halogens is 1. The minimum absolute atomic E-state index is 0.0572. The number of nitro groups is 1. The maximum Gasteiger partial charge on any atom is 0.270 e. The van der Waals surface area contributed by atoms with E-state index in [-0.39, 0.29) is 5.69 Å². The van der Waals surface area contributed by atoms with Crippen molar-refractivity contribution in [2.75, 3.05) is 0 Å². The number of aromatic nitrogens is 1. The fourth-order valence-corrected chi connectivity index (χ4v) is 3.17. The summed E-state index contributed by atoms with van der Waals surface area (Å²) in [6.07, 6.45) is 5.13. The van der Waals surface area contributed by atoms with Crippen LogP contribution in [-0.2, 0) is 0 Å². The number of rotatable bonds is 5. The highest BCUT2D eigenvalue weighted by atomic mass is 79.9. The molecule has 142 valence electrons. The number of aliphatic imine (C=N–C) groups is 1. The number of oxazole rings is 1. The van der Waals surface area contributed by atoms with Crippen molar-refractivity contribution < 1.29 is 9.34 Å². The maximum absolute atomic E-state index is 10.8. The molecule has 0 unspecified atom stereocenters. The van der Waals surface area contributed by atoms with E-state index in [9.17, 15) is 10.1 Å². The highest BCUT2D eigenvalue weighted by Gasteiger charge is 2.09. The maximum atomic E-state index is 10.8. The minimum atomic E-state index is -0.416. The lowest BCUT2D eigenvalue weighted by Crippen LogP contribution is -1.87. The number of allylic oxidation sites excluding steroid dienone is 1. The lowest BCUT2D eigenvalue weighted by molar-refractivity contribution is -0.384. The molecule has 0 saturated carbocycles. The fourth-order valence-electron chi connectivity index (χ4n) is 2.77. The molecule has 1 heterocycles. The summed E-state index contributed by atoms with van der Waals surface area (Å²) in [5, 5.41) is 10.8. The van der Waals surface area contributed by atoms with E-state index in [0.717, 1.165) is 26.8 Å². The molecule has 3 aromatic carbocycles. The zero-order valence-corrected chi connectivity index (χ0v) is 16.6. The Bertz CT molecular complexity index is 1260. The lowest BCUT2D eigenvalue weighted by atomic mass is 10.2. The van der Waals surface area contributed by atoms with E-state index < -0.39 is 4.92 Å². The molecule has 0 aliphatic heterocycles. The molecule has 0 saturated heterocycles. The standard InChI is InChI=1S/C22H14BrN3O3/c23-17-7-2-6-16(13-17)22-25-20-14-18(9-10-21(20)29-22)24-11-3-5-15-4-1-8-19(12-15)26(27)28/h1-14H/b5-3+,24-11?. The number of hydrogen-bond acceptors (Lipinski definition) is 5. The van der Waals surface area contributed by atoms with Crippen LogP contribution in [0.1, 0.15) is 5.56 Å². The van der Waals surface area contributed by atoms with Gasteiger partial charge in [-0.25, -0.2) is 4.98 Å². The fraction of sp³-hybridized carbons (Fsp3) is 0. The Hall–Kier alpha value is -3.58. The van der Waals surface area contributed by atoms with Crippen LogP contribution in [0.2, 0.25) is 0 Å². The minimum Gasteiger partial charge on any atom is -0.436 e. The second-order valence-corrected chi connectivity index (χ2v) is 7.09. The van der Waals surface area contributed by atoms with Crippen LogP contribution in [0, 0.1) is 10.1 Å². The first-order valence-corrected chi connectivity index (χ1v) is 9.49. The van der Waals surface area contributed by atoms with Gasteiger partial charge in [0.15, 0.2) is 5.58 Å². The average Bonchev–Trinajstić information content (AvgIpc) is 3.15. The first-order chi connectivity index (χ1) is 14.1. The average molecular weight is 448 g/mol. The molecule has 0 fully saturated rings. The zero-order chi connectivity index (χ0) is 20.2. The predicted molar refractivity (Wildman–Crippen MR) is 117 cm³/mol. The van der Waals surface area contributed by atoms with Gasteiger partial charge in [-0.1, -0.05) is 40.2 Å². The van der Waals surface area contributed by atoms with E-state index in [2.05, 4.69) is 25.9 Å². The lowest BCUT2D eigenvalue weighted by Gasteiger charge is -1.94. The van der Waals surface area contributed by atoms with Gasteiger partial charge in [0, 0.05) is 28.4 Å². The summed E-state index contributed by atoms with van der Waals surface area (Å²) in [6, 6.07) is 19.7. The molecule has 29 heavy (non-hydrogen) atoms. The van der Waals surface area contributed by atoms with Gasteiger partial charge >= 0.3 is 0 Å². The summed E-state index contributed by atoms with van der Waals surface area (Å²) < 4.78 is 6.78. The molecule has 4 rings (SSSR count). The zero-order valence-electron chi connectivity index (χ0n) is 15.0. The third-order valence-electron chi connectivity index (χ3n) is 4.12. The van der Waals surface area contributed by atoms with E-state index in [0.29, 0.717) is 11.5 Å². The van der Waals surface area contributed by atoms with Crippen LogP contribution in [0.5, 0.6) is 0 Å². The Labute approximate surface area is 174 Å². The molecule has 4 aromatic rings. The van der Waals surface area contributed by atoms with E-state index in [1.807, 2.05) is 42.5 Å². The third-order valence-corrected chi connectivity index (χ3v) is 4.62. The van der Waals surface area contributed by atoms with Crippen LogP contribution in [0.15, 0.2) is 86.7 Å². The number of hydrogen-bond donors (Lipinski definition) is 0. The second kappa shape index (κ2) is 8.20. The van der Waals surface area contributed by atoms with Crippen LogP contribution in [0.3, 0.4) is 0 Å². The van der Waals surface area contributed by atoms with Gasteiger partial charge < -0.3 is 4.42 Å². The molecular weight excluding hydrogens is 434 g/mol. The van der Waals surface area contributed by atoms with Gasteiger partial charge in [-0.05, 0) is 48.0 Å². The smallest absolute Gasteiger partial charge is 0.270 e. The van der Waals surface area contributed by atoms with Gasteiger partial charge in [0.05, 0.1) is 10.6 Å². The largest absolute Gasteiger partial charge is 0.436 e. The van der Waals surface area contributed by atoms with Crippen molar-refractivity contribution in [3.63, 3.8) is 0 Å². The molecule has 1 aromatic heterocycles. The van der Waals surface area contributed by atoms with E-state index in [4.69, 9.17) is 4.42 Å². The number of benzene rings is 3. The van der Waals surface area contributed by atoms with Crippen LogP contribution >= 0.6 is 15.9 Å². The van der Waals surface area contributed by atoms with Crippen LogP contribution in [0.25, 0.3) is 28.6 Å². The highest BCUT2D eigenvalue weighted by Crippen LogP contribution is 2.28. The molecule has 0 aliphatic carbocycles.